The number of fused-ring (bicyclic) bond motifs is 8. The number of halogens is 12. The van der Waals surface area contributed by atoms with Crippen LogP contribution in [0.2, 0.25) is 20.1 Å². The van der Waals surface area contributed by atoms with E-state index in [1.807, 2.05) is 213 Å². The van der Waals surface area contributed by atoms with E-state index in [1.54, 1.807) is 0 Å². The predicted octanol–water partition coefficient (Wildman–Crippen LogP) is 20.9. The maximum atomic E-state index is 13.0. The Kier molecular flexibility index (Phi) is 33.5. The molecule has 4 fully saturated rings. The van der Waals surface area contributed by atoms with Gasteiger partial charge >= 0.3 is 0 Å². The Bertz CT molecular complexity index is 5670. The number of amides is 4. The lowest BCUT2D eigenvalue weighted by Gasteiger charge is -2.40. The van der Waals surface area contributed by atoms with Crippen LogP contribution >= 0.6 is 174 Å². The maximum Gasteiger partial charge on any atom is 0.227 e. The number of aryl methyl sites for hydroxylation is 8. The molecule has 4 saturated heterocycles. The highest BCUT2D eigenvalue weighted by atomic mass is 79.9. The van der Waals surface area contributed by atoms with Gasteiger partial charge in [0.05, 0.1) is 80.6 Å². The Morgan fingerprint density at radius 2 is 0.529 bits per heavy atom. The molecule has 18 nitrogen and oxygen atoms in total. The van der Waals surface area contributed by atoms with Gasteiger partial charge in [-0.05, 0) is 354 Å². The fraction of sp³-hybridized carbons (Fsp3) is 0.358. The molecule has 4 amide bonds. The van der Waals surface area contributed by atoms with Crippen LogP contribution in [0, 0.1) is 11.8 Å². The zero-order valence-electron chi connectivity index (χ0n) is 76.2. The van der Waals surface area contributed by atoms with Crippen molar-refractivity contribution in [3.63, 3.8) is 0 Å². The van der Waals surface area contributed by atoms with Gasteiger partial charge in [0.2, 0.25) is 23.6 Å². The molecule has 8 aromatic heterocycles. The number of likely N-dealkylation sites (tertiary alicyclic amines) is 2. The summed E-state index contributed by atoms with van der Waals surface area (Å²) in [5.41, 5.74) is 24.2. The van der Waals surface area contributed by atoms with Crippen molar-refractivity contribution in [1.29, 1.82) is 0 Å². The van der Waals surface area contributed by atoms with Crippen molar-refractivity contribution < 1.29 is 37.4 Å². The minimum atomic E-state index is 0.0422. The van der Waals surface area contributed by atoms with Gasteiger partial charge in [-0.1, -0.05) is 70.7 Å². The normalized spacial score (nSPS) is 18.2. The molecule has 4 atom stereocenters. The Morgan fingerprint density at radius 3 is 0.794 bits per heavy atom. The summed E-state index contributed by atoms with van der Waals surface area (Å²) < 4.78 is 15.9. The summed E-state index contributed by atoms with van der Waals surface area (Å²) in [6, 6.07) is 41.7. The molecule has 0 saturated carbocycles. The summed E-state index contributed by atoms with van der Waals surface area (Å²) >= 11 is 55.3. The number of pyridine rings is 8. The first kappa shape index (κ1) is 100. The first-order chi connectivity index (χ1) is 65.6. The number of piperazine rings is 2. The van der Waals surface area contributed by atoms with E-state index in [4.69, 9.17) is 66.3 Å². The number of piperidine rings is 2. The summed E-state index contributed by atoms with van der Waals surface area (Å²) in [6.45, 7) is 9.22. The lowest BCUT2D eigenvalue weighted by atomic mass is 9.76. The minimum absolute atomic E-state index is 0.0422. The zero-order valence-corrected chi connectivity index (χ0v) is 91.9. The van der Waals surface area contributed by atoms with Crippen LogP contribution < -0.4 is 18.3 Å². The van der Waals surface area contributed by atoms with Gasteiger partial charge in [0.1, 0.15) is 28.2 Å². The van der Waals surface area contributed by atoms with Gasteiger partial charge in [-0.3, -0.25) is 48.9 Å². The summed E-state index contributed by atoms with van der Waals surface area (Å²) in [7, 11) is 7.93. The van der Waals surface area contributed by atoms with Crippen molar-refractivity contribution in [2.24, 2.45) is 40.0 Å². The first-order valence-corrected chi connectivity index (χ1v) is 54.3. The largest absolute Gasteiger partial charge is 0.342 e. The van der Waals surface area contributed by atoms with Crippen LogP contribution in [-0.4, -0.2) is 152 Å². The minimum Gasteiger partial charge on any atom is -0.342 e. The Morgan fingerprint density at radius 1 is 0.301 bits per heavy atom. The molecule has 4 aromatic carbocycles. The van der Waals surface area contributed by atoms with E-state index in [0.717, 1.165) is 219 Å². The lowest BCUT2D eigenvalue weighted by molar-refractivity contribution is -0.671. The average molecular weight is 2420 g/mol. The highest BCUT2D eigenvalue weighted by Crippen LogP contribution is 2.50. The monoisotopic (exact) mass is 2410 g/mol. The second-order valence-corrected chi connectivity index (χ2v) is 45.2. The fourth-order valence-electron chi connectivity index (χ4n) is 20.9. The third kappa shape index (κ3) is 23.4. The molecular formula is C106H106Br8Cl4N14O4+4. The molecule has 0 radical (unpaired) electrons. The third-order valence-corrected chi connectivity index (χ3v) is 35.7. The molecule has 12 aromatic rings. The summed E-state index contributed by atoms with van der Waals surface area (Å²) in [4.78, 5) is 84.5. The van der Waals surface area contributed by atoms with Crippen molar-refractivity contribution in [3.05, 3.63) is 363 Å². The van der Waals surface area contributed by atoms with E-state index in [1.165, 1.54) is 78.1 Å². The zero-order chi connectivity index (χ0) is 95.3. The number of hydrogen-bond donors (Lipinski definition) is 0. The van der Waals surface area contributed by atoms with Crippen molar-refractivity contribution in [3.8, 4) is 0 Å². The third-order valence-electron chi connectivity index (χ3n) is 28.1. The van der Waals surface area contributed by atoms with E-state index in [-0.39, 0.29) is 47.5 Å². The molecule has 0 bridgehead atoms. The van der Waals surface area contributed by atoms with Crippen LogP contribution in [0.3, 0.4) is 0 Å². The van der Waals surface area contributed by atoms with Crippen molar-refractivity contribution >= 4 is 197 Å². The number of carbonyl (C=O) groups excluding carboxylic acids is 4. The second kappa shape index (κ2) is 45.4. The van der Waals surface area contributed by atoms with Gasteiger partial charge in [-0.2, -0.15) is 0 Å². The molecule has 704 valence electrons. The fourth-order valence-corrected chi connectivity index (χ4v) is 25.3. The molecule has 0 N–H and O–H groups in total. The van der Waals surface area contributed by atoms with Gasteiger partial charge in [0, 0.05) is 199 Å². The van der Waals surface area contributed by atoms with Crippen LogP contribution in [0.5, 0.6) is 0 Å². The van der Waals surface area contributed by atoms with Crippen molar-refractivity contribution in [1.82, 2.24) is 49.3 Å². The molecule has 12 heterocycles. The van der Waals surface area contributed by atoms with Gasteiger partial charge in [0.25, 0.3) is 0 Å². The van der Waals surface area contributed by atoms with Crippen LogP contribution in [0.4, 0.5) is 0 Å². The predicted molar refractivity (Wildman–Crippen MR) is 562 cm³/mol. The van der Waals surface area contributed by atoms with Crippen LogP contribution in [0.15, 0.2) is 231 Å². The summed E-state index contributed by atoms with van der Waals surface area (Å²) in [6.07, 6.45) is 36.6. The lowest BCUT2D eigenvalue weighted by Crippen LogP contribution is -2.50. The number of rotatable bonds is 12. The van der Waals surface area contributed by atoms with E-state index in [2.05, 4.69) is 186 Å². The Labute approximate surface area is 883 Å². The average Bonchev–Trinajstić information content (AvgIpc) is 1.60. The highest BCUT2D eigenvalue weighted by molar-refractivity contribution is 9.11. The number of hydrogen-bond acceptors (Lipinski definition) is 10. The molecular weight excluding hydrogens is 2310 g/mol. The van der Waals surface area contributed by atoms with E-state index in [9.17, 15) is 19.2 Å². The molecule has 136 heavy (non-hydrogen) atoms. The standard InChI is InChI=1S/2C27H27Br2ClN3O.2C26H26Br2ClN4O/c2*1-32-10-6-17(7-11-32)14-24(34)33-12-8-18(9-13-33)25-21-4-5-23(30)26(29)22(21)3-2-19-15-20(28)16-31-27(19)25;2*1-31-8-6-17(7-9-31)14-23(34)32-10-12-33(13-11-32)26-21-4-5-22(29)24(28)20(21)3-2-18-15-19(27)16-30-25(18)26/h2*4-7,10-11,15-16,18,25H,2-3,8-9,12-14H2,1H3;2*4-9,15-16,26H,2-3,10-14H2,1H3/q4*+1/t2*25-;2*26-/m1010/s1. The molecule has 0 unspecified atom stereocenters. The van der Waals surface area contributed by atoms with E-state index >= 15 is 0 Å². The SMILES string of the molecule is C[n+]1ccc(CC(=O)N2CCC([C@@H]3c4ccc(Cl)c(Br)c4CCc4cc(Br)cnc43)CC2)cc1.C[n+]1ccc(CC(=O)N2CCC([C@H]3c4ccc(Cl)c(Br)c4CCc4cc(Br)cnc43)CC2)cc1.C[n+]1ccc(CC(=O)N2CCN([C@@H]3c4ccc(Cl)c(Br)c4CCc4cc(Br)cnc43)CC2)cc1.C[n+]1ccc(CC(=O)N2CCN([C@H]3c4ccc(Cl)c(Br)c4CCc4cc(Br)cnc43)CC2)cc1. The Hall–Kier alpha value is -7.12. The molecule has 4 aliphatic heterocycles. The number of nitrogens with zero attached hydrogens (tertiary/aromatic N) is 14. The van der Waals surface area contributed by atoms with Crippen LogP contribution in [0.1, 0.15) is 161 Å². The number of benzene rings is 4. The highest BCUT2D eigenvalue weighted by Gasteiger charge is 2.42. The topological polar surface area (TPSA) is 155 Å². The van der Waals surface area contributed by atoms with Crippen LogP contribution in [0.25, 0.3) is 0 Å². The van der Waals surface area contributed by atoms with Gasteiger partial charge in [-0.15, -0.1) is 0 Å². The van der Waals surface area contributed by atoms with Gasteiger partial charge in [-0.25, -0.2) is 18.3 Å². The number of aromatic nitrogens is 8. The molecule has 30 heteroatoms. The van der Waals surface area contributed by atoms with E-state index < -0.39 is 0 Å². The summed E-state index contributed by atoms with van der Waals surface area (Å²) in [5.74, 6) is 2.07. The molecule has 20 rings (SSSR count). The van der Waals surface area contributed by atoms with Crippen molar-refractivity contribution in [2.45, 2.75) is 127 Å². The maximum absolute atomic E-state index is 13.0. The van der Waals surface area contributed by atoms with Crippen molar-refractivity contribution in [2.75, 3.05) is 78.5 Å². The smallest absolute Gasteiger partial charge is 0.227 e. The molecule has 8 aliphatic rings. The van der Waals surface area contributed by atoms with Gasteiger partial charge < -0.3 is 19.6 Å². The molecule has 4 aliphatic carbocycles. The quantitative estimate of drug-likeness (QED) is 0.108. The first-order valence-electron chi connectivity index (χ1n) is 46.4. The Balaban J connectivity index is 0.000000126. The van der Waals surface area contributed by atoms with Crippen LogP contribution in [-0.2, 0) is 124 Å². The van der Waals surface area contributed by atoms with E-state index in [0.29, 0.717) is 63.7 Å². The second-order valence-electron chi connectivity index (χ2n) is 36.7. The summed E-state index contributed by atoms with van der Waals surface area (Å²) in [5, 5.41) is 2.99. The van der Waals surface area contributed by atoms with Gasteiger partial charge in [0.15, 0.2) is 49.6 Å². The molecule has 0 spiro atoms. The number of carbonyl (C=O) groups is 4.